The molecule has 0 N–H and O–H groups in total. The second kappa shape index (κ2) is 13.8. The van der Waals surface area contributed by atoms with Crippen LogP contribution in [0.5, 0.6) is 0 Å². The van der Waals surface area contributed by atoms with E-state index in [1.54, 1.807) is 0 Å². The number of hydrogen-bond acceptors (Lipinski definition) is 3. The molecule has 0 bridgehead atoms. The average Bonchev–Trinajstić information content (AvgIpc) is 3.83. The summed E-state index contributed by atoms with van der Waals surface area (Å²) in [5.74, 6) is 0. The third kappa shape index (κ3) is 5.28. The van der Waals surface area contributed by atoms with Crippen molar-refractivity contribution in [1.82, 2.24) is 0 Å². The van der Waals surface area contributed by atoms with Gasteiger partial charge in [0.1, 0.15) is 5.58 Å². The van der Waals surface area contributed by atoms with Gasteiger partial charge < -0.3 is 14.2 Å². The number of hydrogen-bond donors (Lipinski definition) is 0. The summed E-state index contributed by atoms with van der Waals surface area (Å²) in [6.45, 7) is 0. The molecule has 0 saturated heterocycles. The standard InChI is InChI=1S/C55H38N2O/c1-4-19-39(20-5-1)55(50-33-13-10-29-46(50)47-30-11-14-34-51(47)55)40-21-16-26-43(37-40)56(41-22-6-2-7-23-41)44-27-17-28-45(38-44)57(42-24-8-3-9-25-42)52-35-18-32-49-48-31-12-15-36-53(48)58-54(49)52/h1-38H. The van der Waals surface area contributed by atoms with E-state index in [4.69, 9.17) is 4.42 Å². The topological polar surface area (TPSA) is 19.6 Å². The van der Waals surface area contributed by atoms with Crippen molar-refractivity contribution in [2.45, 2.75) is 5.41 Å². The van der Waals surface area contributed by atoms with Crippen LogP contribution < -0.4 is 9.80 Å². The van der Waals surface area contributed by atoms with Crippen LogP contribution in [0.25, 0.3) is 33.1 Å². The van der Waals surface area contributed by atoms with Crippen LogP contribution in [0.2, 0.25) is 0 Å². The highest BCUT2D eigenvalue weighted by molar-refractivity contribution is 6.10. The van der Waals surface area contributed by atoms with Gasteiger partial charge in [0.2, 0.25) is 0 Å². The van der Waals surface area contributed by atoms with Gasteiger partial charge in [-0.2, -0.15) is 0 Å². The Morgan fingerprint density at radius 3 is 1.48 bits per heavy atom. The number of nitrogens with zero attached hydrogens (tertiary/aromatic N) is 2. The summed E-state index contributed by atoms with van der Waals surface area (Å²) in [4.78, 5) is 4.69. The lowest BCUT2D eigenvalue weighted by Gasteiger charge is -2.35. The molecule has 3 heteroatoms. The van der Waals surface area contributed by atoms with Crippen LogP contribution in [-0.4, -0.2) is 0 Å². The predicted molar refractivity (Wildman–Crippen MR) is 240 cm³/mol. The molecule has 0 saturated carbocycles. The molecule has 0 radical (unpaired) electrons. The van der Waals surface area contributed by atoms with Crippen LogP contribution in [-0.2, 0) is 5.41 Å². The molecule has 1 aliphatic carbocycles. The van der Waals surface area contributed by atoms with Gasteiger partial charge in [-0.25, -0.2) is 0 Å². The number of para-hydroxylation sites is 4. The zero-order chi connectivity index (χ0) is 38.5. The molecule has 0 unspecified atom stereocenters. The first kappa shape index (κ1) is 33.7. The number of fused-ring (bicyclic) bond motifs is 6. The van der Waals surface area contributed by atoms with Crippen molar-refractivity contribution in [2.75, 3.05) is 9.80 Å². The maximum atomic E-state index is 6.63. The Morgan fingerprint density at radius 2 is 0.793 bits per heavy atom. The molecule has 0 fully saturated rings. The van der Waals surface area contributed by atoms with E-state index in [-0.39, 0.29) is 0 Å². The molecule has 0 spiro atoms. The van der Waals surface area contributed by atoms with E-state index >= 15 is 0 Å². The summed E-state index contributed by atoms with van der Waals surface area (Å²) in [5, 5.41) is 2.20. The van der Waals surface area contributed by atoms with Crippen molar-refractivity contribution in [3.8, 4) is 11.1 Å². The van der Waals surface area contributed by atoms with E-state index in [2.05, 4.69) is 228 Å². The average molecular weight is 743 g/mol. The van der Waals surface area contributed by atoms with E-state index < -0.39 is 5.41 Å². The lowest BCUT2D eigenvalue weighted by molar-refractivity contribution is 0.669. The lowest BCUT2D eigenvalue weighted by atomic mass is 9.67. The van der Waals surface area contributed by atoms with Gasteiger partial charge in [-0.3, -0.25) is 0 Å². The van der Waals surface area contributed by atoms with Gasteiger partial charge in [-0.15, -0.1) is 0 Å². The van der Waals surface area contributed by atoms with Crippen LogP contribution in [0.4, 0.5) is 34.1 Å². The quantitative estimate of drug-likeness (QED) is 0.155. The SMILES string of the molecule is c1ccc(N(c2cccc(N(c3ccccc3)c3cccc4c3oc3ccccc34)c2)c2cccc(C3(c4ccccc4)c4ccccc4-c4ccccc43)c2)cc1. The van der Waals surface area contributed by atoms with Crippen LogP contribution in [0.3, 0.4) is 0 Å². The Balaban J connectivity index is 1.12. The molecule has 0 amide bonds. The van der Waals surface area contributed by atoms with E-state index in [9.17, 15) is 0 Å². The molecule has 3 nitrogen and oxygen atoms in total. The third-order valence-electron chi connectivity index (χ3n) is 11.7. The molecule has 1 aliphatic rings. The largest absolute Gasteiger partial charge is 0.454 e. The first-order valence-electron chi connectivity index (χ1n) is 19.9. The third-order valence-corrected chi connectivity index (χ3v) is 11.7. The van der Waals surface area contributed by atoms with Gasteiger partial charge in [-0.1, -0.05) is 164 Å². The first-order chi connectivity index (χ1) is 28.8. The lowest BCUT2D eigenvalue weighted by Crippen LogP contribution is -2.28. The van der Waals surface area contributed by atoms with E-state index in [1.807, 2.05) is 12.1 Å². The fourth-order valence-electron chi connectivity index (χ4n) is 9.30. The van der Waals surface area contributed by atoms with Crippen LogP contribution >= 0.6 is 0 Å². The van der Waals surface area contributed by atoms with Gasteiger partial charge in [0.05, 0.1) is 11.1 Å². The molecule has 0 aliphatic heterocycles. The van der Waals surface area contributed by atoms with E-state index in [0.717, 1.165) is 56.1 Å². The van der Waals surface area contributed by atoms with Crippen LogP contribution in [0.15, 0.2) is 235 Å². The molecule has 1 heterocycles. The zero-order valence-electron chi connectivity index (χ0n) is 31.7. The number of rotatable bonds is 8. The minimum atomic E-state index is -0.510. The highest BCUT2D eigenvalue weighted by atomic mass is 16.3. The predicted octanol–water partition coefficient (Wildman–Crippen LogP) is 14.9. The van der Waals surface area contributed by atoms with Crippen molar-refractivity contribution in [3.63, 3.8) is 0 Å². The zero-order valence-corrected chi connectivity index (χ0v) is 31.7. The molecular weight excluding hydrogens is 705 g/mol. The summed E-state index contributed by atoms with van der Waals surface area (Å²) < 4.78 is 6.63. The molecule has 58 heavy (non-hydrogen) atoms. The molecule has 274 valence electrons. The minimum absolute atomic E-state index is 0.510. The molecule has 0 atom stereocenters. The molecule has 1 aromatic heterocycles. The Hall–Kier alpha value is -7.62. The molecule has 10 aromatic rings. The van der Waals surface area contributed by atoms with Crippen molar-refractivity contribution in [3.05, 3.63) is 253 Å². The maximum Gasteiger partial charge on any atom is 0.159 e. The second-order valence-electron chi connectivity index (χ2n) is 14.9. The highest BCUT2D eigenvalue weighted by Crippen LogP contribution is 2.56. The number of benzene rings is 9. The fourth-order valence-corrected chi connectivity index (χ4v) is 9.30. The Labute approximate surface area is 338 Å². The highest BCUT2D eigenvalue weighted by Gasteiger charge is 2.46. The van der Waals surface area contributed by atoms with Gasteiger partial charge >= 0.3 is 0 Å². The number of anilines is 6. The Morgan fingerprint density at radius 1 is 0.328 bits per heavy atom. The van der Waals surface area contributed by atoms with Crippen LogP contribution in [0, 0.1) is 0 Å². The summed E-state index contributed by atoms with van der Waals surface area (Å²) in [7, 11) is 0. The first-order valence-corrected chi connectivity index (χ1v) is 19.9. The van der Waals surface area contributed by atoms with E-state index in [0.29, 0.717) is 0 Å². The van der Waals surface area contributed by atoms with Gasteiger partial charge in [0.15, 0.2) is 5.58 Å². The van der Waals surface area contributed by atoms with Gasteiger partial charge in [0.25, 0.3) is 0 Å². The van der Waals surface area contributed by atoms with Gasteiger partial charge in [-0.05, 0) is 100 Å². The Kier molecular flexibility index (Phi) is 8.04. The second-order valence-corrected chi connectivity index (χ2v) is 14.9. The monoisotopic (exact) mass is 742 g/mol. The minimum Gasteiger partial charge on any atom is -0.454 e. The fraction of sp³-hybridized carbons (Fsp3) is 0.0182. The van der Waals surface area contributed by atoms with E-state index in [1.165, 1.54) is 33.4 Å². The van der Waals surface area contributed by atoms with Crippen LogP contribution in [0.1, 0.15) is 22.3 Å². The summed E-state index contributed by atoms with van der Waals surface area (Å²) in [5.41, 5.74) is 15.1. The smallest absolute Gasteiger partial charge is 0.159 e. The van der Waals surface area contributed by atoms with Crippen molar-refractivity contribution >= 4 is 56.1 Å². The van der Waals surface area contributed by atoms with Crippen molar-refractivity contribution in [2.24, 2.45) is 0 Å². The van der Waals surface area contributed by atoms with Gasteiger partial charge in [0, 0.05) is 39.2 Å². The molecule has 9 aromatic carbocycles. The van der Waals surface area contributed by atoms with Crippen molar-refractivity contribution in [1.29, 1.82) is 0 Å². The summed E-state index contributed by atoms with van der Waals surface area (Å²) in [6, 6.07) is 82.8. The van der Waals surface area contributed by atoms with Crippen molar-refractivity contribution < 1.29 is 4.42 Å². The molecular formula is C55H38N2O. The summed E-state index contributed by atoms with van der Waals surface area (Å²) >= 11 is 0. The number of furan rings is 1. The summed E-state index contributed by atoms with van der Waals surface area (Å²) in [6.07, 6.45) is 0. The Bertz CT molecular complexity index is 3030. The normalized spacial score (nSPS) is 12.6. The maximum absolute atomic E-state index is 6.63. The molecule has 11 rings (SSSR count).